The molecule has 1 heterocycles. The molecule has 0 aliphatic carbocycles. The average molecular weight is 367 g/mol. The maximum absolute atomic E-state index is 11.2. The summed E-state index contributed by atoms with van der Waals surface area (Å²) in [6.45, 7) is 0.610. The second kappa shape index (κ2) is 6.66. The molecule has 118 valence electrons. The van der Waals surface area contributed by atoms with E-state index in [-0.39, 0.29) is 10.8 Å². The Hall–Kier alpha value is -1.95. The Bertz CT molecular complexity index is 888. The van der Waals surface area contributed by atoms with Gasteiger partial charge in [-0.2, -0.15) is 0 Å². The minimum absolute atomic E-state index is 0.100. The van der Waals surface area contributed by atoms with Crippen LogP contribution in [0, 0.1) is 0 Å². The number of aromatic nitrogens is 1. The smallest absolute Gasteiger partial charge is 0.307 e. The van der Waals surface area contributed by atoms with Crippen LogP contribution in [0.25, 0.3) is 10.4 Å². The number of thiazole rings is 1. The molecule has 4 nitrogen and oxygen atoms in total. The molecule has 2 aromatic carbocycles. The zero-order valence-electron chi connectivity index (χ0n) is 11.8. The number of nitrogens with one attached hydrogen (secondary N) is 2. The lowest BCUT2D eigenvalue weighted by Gasteiger charge is -2.08. The number of aromatic amines is 1. The van der Waals surface area contributed by atoms with Crippen molar-refractivity contribution in [3.8, 4) is 16.3 Å². The van der Waals surface area contributed by atoms with Crippen molar-refractivity contribution in [1.29, 1.82) is 0 Å². The molecule has 3 rings (SSSR count). The van der Waals surface area contributed by atoms with Gasteiger partial charge in [0.2, 0.25) is 5.88 Å². The van der Waals surface area contributed by atoms with Gasteiger partial charge in [-0.25, -0.2) is 0 Å². The molecule has 0 fully saturated rings. The van der Waals surface area contributed by atoms with E-state index in [0.29, 0.717) is 21.5 Å². The molecule has 7 heteroatoms. The molecule has 0 aliphatic heterocycles. The summed E-state index contributed by atoms with van der Waals surface area (Å²) < 4.78 is 0. The Labute approximate surface area is 146 Å². The third-order valence-electron chi connectivity index (χ3n) is 3.26. The fourth-order valence-corrected chi connectivity index (χ4v) is 3.16. The van der Waals surface area contributed by atoms with Crippen molar-refractivity contribution in [2.75, 3.05) is 5.32 Å². The molecule has 0 aliphatic rings. The van der Waals surface area contributed by atoms with Crippen LogP contribution in [-0.2, 0) is 6.54 Å². The van der Waals surface area contributed by atoms with E-state index in [4.69, 9.17) is 23.2 Å². The summed E-state index contributed by atoms with van der Waals surface area (Å²) in [6, 6.07) is 12.9. The van der Waals surface area contributed by atoms with Crippen molar-refractivity contribution < 1.29 is 5.11 Å². The molecule has 0 radical (unpaired) electrons. The molecule has 0 spiro atoms. The summed E-state index contributed by atoms with van der Waals surface area (Å²) in [5, 5.41) is 14.0. The number of anilines is 1. The molecule has 23 heavy (non-hydrogen) atoms. The second-order valence-corrected chi connectivity index (χ2v) is 6.67. The number of rotatable bonds is 4. The van der Waals surface area contributed by atoms with Crippen LogP contribution in [0.1, 0.15) is 5.56 Å². The fourth-order valence-electron chi connectivity index (χ4n) is 2.11. The van der Waals surface area contributed by atoms with E-state index < -0.39 is 0 Å². The lowest BCUT2D eigenvalue weighted by Crippen LogP contribution is -1.99. The standard InChI is InChI=1S/C16H12Cl2N2O2S/c17-12-6-1-9(7-13(12)18)8-19-11-4-2-10(3-5-11)14-15(21)20-16(22)23-14/h1-7,19,21H,8H2,(H,20,22). The predicted molar refractivity (Wildman–Crippen MR) is 95.8 cm³/mol. The number of benzene rings is 2. The highest BCUT2D eigenvalue weighted by atomic mass is 35.5. The highest BCUT2D eigenvalue weighted by Crippen LogP contribution is 2.30. The Morgan fingerprint density at radius 1 is 1.09 bits per heavy atom. The largest absolute Gasteiger partial charge is 0.493 e. The topological polar surface area (TPSA) is 65.1 Å². The van der Waals surface area contributed by atoms with Gasteiger partial charge in [-0.1, -0.05) is 52.7 Å². The van der Waals surface area contributed by atoms with E-state index in [1.54, 1.807) is 6.07 Å². The predicted octanol–water partition coefficient (Wildman–Crippen LogP) is 4.73. The molecule has 0 unspecified atom stereocenters. The number of halogens is 2. The van der Waals surface area contributed by atoms with E-state index in [0.717, 1.165) is 28.2 Å². The summed E-state index contributed by atoms with van der Waals surface area (Å²) in [5.74, 6) is -0.100. The minimum Gasteiger partial charge on any atom is -0.493 e. The first-order valence-corrected chi connectivity index (χ1v) is 8.30. The molecule has 0 bridgehead atoms. The normalized spacial score (nSPS) is 10.7. The van der Waals surface area contributed by atoms with Gasteiger partial charge >= 0.3 is 4.87 Å². The molecular weight excluding hydrogens is 355 g/mol. The molecule has 0 saturated heterocycles. The van der Waals surface area contributed by atoms with Crippen molar-refractivity contribution in [3.05, 3.63) is 67.7 Å². The van der Waals surface area contributed by atoms with Crippen LogP contribution < -0.4 is 10.2 Å². The van der Waals surface area contributed by atoms with Crippen LogP contribution in [0.4, 0.5) is 5.69 Å². The van der Waals surface area contributed by atoms with Crippen LogP contribution in [0.2, 0.25) is 10.0 Å². The van der Waals surface area contributed by atoms with Crippen molar-refractivity contribution >= 4 is 40.2 Å². The molecular formula is C16H12Cl2N2O2S. The van der Waals surface area contributed by atoms with Crippen molar-refractivity contribution in [2.24, 2.45) is 0 Å². The summed E-state index contributed by atoms with van der Waals surface area (Å²) in [7, 11) is 0. The molecule has 0 amide bonds. The summed E-state index contributed by atoms with van der Waals surface area (Å²) in [4.78, 5) is 13.8. The van der Waals surface area contributed by atoms with E-state index in [1.165, 1.54) is 0 Å². The van der Waals surface area contributed by atoms with Gasteiger partial charge in [-0.15, -0.1) is 0 Å². The Kier molecular flexibility index (Phi) is 4.61. The summed E-state index contributed by atoms with van der Waals surface area (Å²) in [6.07, 6.45) is 0. The third kappa shape index (κ3) is 3.69. The molecule has 1 aromatic heterocycles. The maximum atomic E-state index is 11.2. The molecule has 3 N–H and O–H groups in total. The van der Waals surface area contributed by atoms with E-state index in [9.17, 15) is 9.90 Å². The Morgan fingerprint density at radius 3 is 2.43 bits per heavy atom. The maximum Gasteiger partial charge on any atom is 0.307 e. The number of hydrogen-bond acceptors (Lipinski definition) is 4. The van der Waals surface area contributed by atoms with E-state index in [2.05, 4.69) is 10.3 Å². The van der Waals surface area contributed by atoms with Gasteiger partial charge in [0, 0.05) is 12.2 Å². The SMILES string of the molecule is O=c1[nH]c(O)c(-c2ccc(NCc3ccc(Cl)c(Cl)c3)cc2)s1. The zero-order chi connectivity index (χ0) is 16.4. The van der Waals surface area contributed by atoms with Crippen LogP contribution in [0.3, 0.4) is 0 Å². The highest BCUT2D eigenvalue weighted by molar-refractivity contribution is 7.13. The minimum atomic E-state index is -0.278. The van der Waals surface area contributed by atoms with Gasteiger partial charge < -0.3 is 10.4 Å². The van der Waals surface area contributed by atoms with Gasteiger partial charge in [0.25, 0.3) is 0 Å². The van der Waals surface area contributed by atoms with Gasteiger partial charge in [-0.3, -0.25) is 9.78 Å². The Morgan fingerprint density at radius 2 is 1.83 bits per heavy atom. The van der Waals surface area contributed by atoms with Crippen LogP contribution in [0.5, 0.6) is 5.88 Å². The lowest BCUT2D eigenvalue weighted by atomic mass is 10.1. The second-order valence-electron chi connectivity index (χ2n) is 4.87. The number of aromatic hydroxyl groups is 1. The number of H-pyrrole nitrogens is 1. The summed E-state index contributed by atoms with van der Waals surface area (Å²) in [5.41, 5.74) is 2.72. The van der Waals surface area contributed by atoms with Gasteiger partial charge in [0.1, 0.15) is 0 Å². The van der Waals surface area contributed by atoms with Crippen molar-refractivity contribution in [3.63, 3.8) is 0 Å². The number of hydrogen-bond donors (Lipinski definition) is 3. The van der Waals surface area contributed by atoms with Crippen LogP contribution in [0.15, 0.2) is 47.3 Å². The quantitative estimate of drug-likeness (QED) is 0.625. The van der Waals surface area contributed by atoms with Crippen LogP contribution >= 0.6 is 34.5 Å². The molecule has 0 saturated carbocycles. The monoisotopic (exact) mass is 366 g/mol. The van der Waals surface area contributed by atoms with E-state index in [1.807, 2.05) is 36.4 Å². The first-order valence-electron chi connectivity index (χ1n) is 6.73. The van der Waals surface area contributed by atoms with E-state index >= 15 is 0 Å². The highest BCUT2D eigenvalue weighted by Gasteiger charge is 2.09. The lowest BCUT2D eigenvalue weighted by molar-refractivity contribution is 0.458. The van der Waals surface area contributed by atoms with Gasteiger partial charge in [0.05, 0.1) is 14.9 Å². The fraction of sp³-hybridized carbons (Fsp3) is 0.0625. The van der Waals surface area contributed by atoms with Crippen molar-refractivity contribution in [1.82, 2.24) is 4.98 Å². The average Bonchev–Trinajstić information content (AvgIpc) is 2.87. The van der Waals surface area contributed by atoms with Crippen LogP contribution in [-0.4, -0.2) is 10.1 Å². The zero-order valence-corrected chi connectivity index (χ0v) is 14.1. The summed E-state index contributed by atoms with van der Waals surface area (Å²) >= 11 is 12.9. The third-order valence-corrected chi connectivity index (χ3v) is 4.92. The first-order chi connectivity index (χ1) is 11.0. The Balaban J connectivity index is 1.71. The van der Waals surface area contributed by atoms with Gasteiger partial charge in [0.15, 0.2) is 0 Å². The van der Waals surface area contributed by atoms with Crippen molar-refractivity contribution in [2.45, 2.75) is 6.54 Å². The molecule has 0 atom stereocenters. The van der Waals surface area contributed by atoms with Gasteiger partial charge in [-0.05, 0) is 35.4 Å². The molecule has 3 aromatic rings. The first kappa shape index (κ1) is 15.9.